The van der Waals surface area contributed by atoms with Crippen LogP contribution in [0.15, 0.2) is 66.7 Å². The summed E-state index contributed by atoms with van der Waals surface area (Å²) in [7, 11) is 0. The molecule has 0 spiro atoms. The Bertz CT molecular complexity index is 778. The van der Waals surface area contributed by atoms with Crippen molar-refractivity contribution in [2.24, 2.45) is 0 Å². The third-order valence-electron chi connectivity index (χ3n) is 4.87. The van der Waals surface area contributed by atoms with Gasteiger partial charge in [-0.2, -0.15) is 5.10 Å². The van der Waals surface area contributed by atoms with Gasteiger partial charge in [-0.15, -0.1) is 0 Å². The first kappa shape index (κ1) is 19.2. The second-order valence-electron chi connectivity index (χ2n) is 7.08. The number of aromatic nitrogens is 2. The summed E-state index contributed by atoms with van der Waals surface area (Å²) < 4.78 is 2.02. The zero-order chi connectivity index (χ0) is 18.7. The predicted octanol–water partition coefficient (Wildman–Crippen LogP) is 6.70. The number of unbranched alkanes of at least 4 members (excludes halogenated alkanes) is 6. The van der Waals surface area contributed by atoms with Gasteiger partial charge in [0.15, 0.2) is 0 Å². The van der Waals surface area contributed by atoms with Gasteiger partial charge < -0.3 is 5.32 Å². The Morgan fingerprint density at radius 1 is 0.778 bits per heavy atom. The quantitative estimate of drug-likeness (QED) is 0.385. The Morgan fingerprint density at radius 3 is 2.11 bits per heavy atom. The number of nitrogens with zero attached hydrogens (tertiary/aromatic N) is 2. The molecule has 1 aromatic heterocycles. The molecular formula is C24H31N3. The summed E-state index contributed by atoms with van der Waals surface area (Å²) in [5.41, 5.74) is 3.23. The van der Waals surface area contributed by atoms with Gasteiger partial charge in [0.1, 0.15) is 5.82 Å². The Kier molecular flexibility index (Phi) is 7.52. The Labute approximate surface area is 163 Å². The Balaban J connectivity index is 1.63. The molecule has 0 fully saturated rings. The summed E-state index contributed by atoms with van der Waals surface area (Å²) in [4.78, 5) is 0. The molecule has 0 atom stereocenters. The van der Waals surface area contributed by atoms with Crippen LogP contribution in [0.5, 0.6) is 0 Å². The predicted molar refractivity (Wildman–Crippen MR) is 115 cm³/mol. The summed E-state index contributed by atoms with van der Waals surface area (Å²) in [6, 6.07) is 22.9. The summed E-state index contributed by atoms with van der Waals surface area (Å²) in [6.45, 7) is 3.25. The highest BCUT2D eigenvalue weighted by Gasteiger charge is 2.10. The minimum Gasteiger partial charge on any atom is -0.370 e. The van der Waals surface area contributed by atoms with Gasteiger partial charge in [0, 0.05) is 18.2 Å². The first-order chi connectivity index (χ1) is 13.4. The number of hydrogen-bond donors (Lipinski definition) is 1. The number of para-hydroxylation sites is 1. The normalized spacial score (nSPS) is 10.9. The molecule has 3 heteroatoms. The van der Waals surface area contributed by atoms with E-state index in [1.807, 2.05) is 16.8 Å². The summed E-state index contributed by atoms with van der Waals surface area (Å²) >= 11 is 0. The lowest BCUT2D eigenvalue weighted by molar-refractivity contribution is 0.596. The molecule has 142 valence electrons. The third kappa shape index (κ3) is 5.72. The molecule has 0 aliphatic carbocycles. The molecule has 0 bridgehead atoms. The molecule has 3 rings (SSSR count). The van der Waals surface area contributed by atoms with Gasteiger partial charge in [-0.3, -0.25) is 0 Å². The fraction of sp³-hybridized carbons (Fsp3) is 0.375. The standard InChI is InChI=1S/C24H31N3/c1-2-3-4-5-6-7-14-19-25-24-20-23(21-15-10-8-11-16-21)26-27(24)22-17-12-9-13-18-22/h8-13,15-18,20,25H,2-7,14,19H2,1H3. The van der Waals surface area contributed by atoms with E-state index in [0.717, 1.165) is 29.3 Å². The van der Waals surface area contributed by atoms with Gasteiger partial charge in [0.05, 0.1) is 11.4 Å². The van der Waals surface area contributed by atoms with Crippen LogP contribution < -0.4 is 5.32 Å². The summed E-state index contributed by atoms with van der Waals surface area (Å²) in [5.74, 6) is 1.06. The van der Waals surface area contributed by atoms with Crippen molar-refractivity contribution >= 4 is 5.82 Å². The zero-order valence-corrected chi connectivity index (χ0v) is 16.4. The van der Waals surface area contributed by atoms with E-state index in [0.29, 0.717) is 0 Å². The van der Waals surface area contributed by atoms with Crippen LogP contribution in [0.1, 0.15) is 51.9 Å². The minimum atomic E-state index is 0.987. The van der Waals surface area contributed by atoms with Crippen LogP contribution in [0.2, 0.25) is 0 Å². The number of nitrogens with one attached hydrogen (secondary N) is 1. The van der Waals surface area contributed by atoms with E-state index in [1.54, 1.807) is 0 Å². The van der Waals surface area contributed by atoms with E-state index in [1.165, 1.54) is 44.9 Å². The molecule has 1 heterocycles. The number of rotatable bonds is 11. The van der Waals surface area contributed by atoms with Crippen LogP contribution in [0.3, 0.4) is 0 Å². The zero-order valence-electron chi connectivity index (χ0n) is 16.4. The maximum Gasteiger partial charge on any atom is 0.130 e. The van der Waals surface area contributed by atoms with Gasteiger partial charge in [-0.1, -0.05) is 94.0 Å². The van der Waals surface area contributed by atoms with Crippen molar-refractivity contribution in [2.75, 3.05) is 11.9 Å². The van der Waals surface area contributed by atoms with Crippen LogP contribution in [-0.2, 0) is 0 Å². The van der Waals surface area contributed by atoms with Crippen molar-refractivity contribution in [1.82, 2.24) is 9.78 Å². The molecular weight excluding hydrogens is 330 g/mol. The van der Waals surface area contributed by atoms with E-state index in [-0.39, 0.29) is 0 Å². The van der Waals surface area contributed by atoms with E-state index in [4.69, 9.17) is 5.10 Å². The van der Waals surface area contributed by atoms with Gasteiger partial charge in [0.2, 0.25) is 0 Å². The highest BCUT2D eigenvalue weighted by atomic mass is 15.3. The molecule has 1 N–H and O–H groups in total. The van der Waals surface area contributed by atoms with Crippen LogP contribution in [0.25, 0.3) is 16.9 Å². The Morgan fingerprint density at radius 2 is 1.41 bits per heavy atom. The van der Waals surface area contributed by atoms with Crippen LogP contribution in [0.4, 0.5) is 5.82 Å². The second kappa shape index (κ2) is 10.6. The summed E-state index contributed by atoms with van der Waals surface area (Å²) in [5, 5.41) is 8.46. The van der Waals surface area contributed by atoms with Crippen molar-refractivity contribution in [3.05, 3.63) is 66.7 Å². The molecule has 3 aromatic rings. The molecule has 27 heavy (non-hydrogen) atoms. The SMILES string of the molecule is CCCCCCCCCNc1cc(-c2ccccc2)nn1-c1ccccc1. The molecule has 0 saturated heterocycles. The van der Waals surface area contributed by atoms with Crippen molar-refractivity contribution in [3.8, 4) is 16.9 Å². The van der Waals surface area contributed by atoms with Gasteiger partial charge in [-0.25, -0.2) is 4.68 Å². The van der Waals surface area contributed by atoms with Gasteiger partial charge in [0.25, 0.3) is 0 Å². The molecule has 0 amide bonds. The smallest absolute Gasteiger partial charge is 0.130 e. The fourth-order valence-corrected chi connectivity index (χ4v) is 3.32. The highest BCUT2D eigenvalue weighted by molar-refractivity contribution is 5.64. The lowest BCUT2D eigenvalue weighted by Crippen LogP contribution is -2.07. The maximum absolute atomic E-state index is 4.85. The van der Waals surface area contributed by atoms with Crippen molar-refractivity contribution in [3.63, 3.8) is 0 Å². The Hall–Kier alpha value is -2.55. The van der Waals surface area contributed by atoms with E-state index >= 15 is 0 Å². The molecule has 0 radical (unpaired) electrons. The maximum atomic E-state index is 4.85. The lowest BCUT2D eigenvalue weighted by Gasteiger charge is -2.09. The first-order valence-electron chi connectivity index (χ1n) is 10.3. The monoisotopic (exact) mass is 361 g/mol. The summed E-state index contributed by atoms with van der Waals surface area (Å²) in [6.07, 6.45) is 9.27. The first-order valence-corrected chi connectivity index (χ1v) is 10.3. The molecule has 2 aromatic carbocycles. The fourth-order valence-electron chi connectivity index (χ4n) is 3.32. The van der Waals surface area contributed by atoms with Crippen molar-refractivity contribution < 1.29 is 0 Å². The highest BCUT2D eigenvalue weighted by Crippen LogP contribution is 2.24. The van der Waals surface area contributed by atoms with Crippen LogP contribution >= 0.6 is 0 Å². The lowest BCUT2D eigenvalue weighted by atomic mass is 10.1. The van der Waals surface area contributed by atoms with Crippen molar-refractivity contribution in [1.29, 1.82) is 0 Å². The van der Waals surface area contributed by atoms with E-state index < -0.39 is 0 Å². The van der Waals surface area contributed by atoms with E-state index in [2.05, 4.69) is 66.8 Å². The second-order valence-corrected chi connectivity index (χ2v) is 7.08. The minimum absolute atomic E-state index is 0.987. The molecule has 0 unspecified atom stereocenters. The molecule has 3 nitrogen and oxygen atoms in total. The molecule has 0 aliphatic heterocycles. The average Bonchev–Trinajstić information content (AvgIpc) is 3.15. The number of anilines is 1. The van der Waals surface area contributed by atoms with Crippen LogP contribution in [-0.4, -0.2) is 16.3 Å². The topological polar surface area (TPSA) is 29.9 Å². The third-order valence-corrected chi connectivity index (χ3v) is 4.87. The largest absolute Gasteiger partial charge is 0.370 e. The van der Waals surface area contributed by atoms with Crippen molar-refractivity contribution in [2.45, 2.75) is 51.9 Å². The van der Waals surface area contributed by atoms with Crippen LogP contribution in [0, 0.1) is 0 Å². The van der Waals surface area contributed by atoms with Gasteiger partial charge in [-0.05, 0) is 18.6 Å². The number of hydrogen-bond acceptors (Lipinski definition) is 2. The van der Waals surface area contributed by atoms with E-state index in [9.17, 15) is 0 Å². The number of benzene rings is 2. The average molecular weight is 362 g/mol. The molecule has 0 saturated carbocycles. The van der Waals surface area contributed by atoms with Gasteiger partial charge >= 0.3 is 0 Å². The molecule has 0 aliphatic rings.